The van der Waals surface area contributed by atoms with E-state index < -0.39 is 10.0 Å². The molecule has 0 aromatic heterocycles. The van der Waals surface area contributed by atoms with Gasteiger partial charge in [0.25, 0.3) is 0 Å². The summed E-state index contributed by atoms with van der Waals surface area (Å²) in [4.78, 5) is 2.37. The Balaban J connectivity index is 2.63. The van der Waals surface area contributed by atoms with Crippen LogP contribution in [0.5, 0.6) is 0 Å². The van der Waals surface area contributed by atoms with Gasteiger partial charge in [0, 0.05) is 31.7 Å². The Morgan fingerprint density at radius 3 is 2.40 bits per heavy atom. The predicted octanol–water partition coefficient (Wildman–Crippen LogP) is 0.751. The van der Waals surface area contributed by atoms with E-state index in [1.54, 1.807) is 4.31 Å². The Labute approximate surface area is 93.3 Å². The average molecular weight is 234 g/mol. The van der Waals surface area contributed by atoms with Crippen LogP contribution in [0.2, 0.25) is 0 Å². The molecule has 1 fully saturated rings. The molecule has 0 saturated carbocycles. The lowest BCUT2D eigenvalue weighted by Crippen LogP contribution is -2.55. The van der Waals surface area contributed by atoms with Gasteiger partial charge in [-0.15, -0.1) is 0 Å². The second kappa shape index (κ2) is 4.80. The molecule has 2 atom stereocenters. The Morgan fingerprint density at radius 1 is 1.40 bits per heavy atom. The van der Waals surface area contributed by atoms with Crippen molar-refractivity contribution in [2.24, 2.45) is 0 Å². The molecule has 90 valence electrons. The summed E-state index contributed by atoms with van der Waals surface area (Å²) in [6.07, 6.45) is 2.41. The van der Waals surface area contributed by atoms with Crippen LogP contribution in [0, 0.1) is 0 Å². The van der Waals surface area contributed by atoms with Crippen LogP contribution in [0.15, 0.2) is 0 Å². The molecule has 0 aliphatic carbocycles. The van der Waals surface area contributed by atoms with E-state index in [-0.39, 0.29) is 6.04 Å². The molecule has 0 radical (unpaired) electrons. The van der Waals surface area contributed by atoms with Gasteiger partial charge >= 0.3 is 0 Å². The van der Waals surface area contributed by atoms with E-state index in [4.69, 9.17) is 0 Å². The minimum Gasteiger partial charge on any atom is -0.298 e. The summed E-state index contributed by atoms with van der Waals surface area (Å²) in [7, 11) is -3.02. The molecule has 1 heterocycles. The molecular weight excluding hydrogens is 212 g/mol. The Bertz CT molecular complexity index is 303. The maximum atomic E-state index is 11.5. The van der Waals surface area contributed by atoms with Gasteiger partial charge in [0.05, 0.1) is 6.26 Å². The average Bonchev–Trinajstić information content (AvgIpc) is 2.14. The molecule has 0 bridgehead atoms. The zero-order chi connectivity index (χ0) is 11.6. The highest BCUT2D eigenvalue weighted by molar-refractivity contribution is 7.88. The molecule has 1 saturated heterocycles. The van der Waals surface area contributed by atoms with E-state index in [0.717, 1.165) is 19.5 Å². The fourth-order valence-electron chi connectivity index (χ4n) is 2.12. The maximum Gasteiger partial charge on any atom is 0.211 e. The van der Waals surface area contributed by atoms with E-state index in [1.165, 1.54) is 6.26 Å². The predicted molar refractivity (Wildman–Crippen MR) is 62.3 cm³/mol. The number of piperazine rings is 1. The molecule has 1 rings (SSSR count). The highest BCUT2D eigenvalue weighted by Crippen LogP contribution is 2.16. The first-order valence-electron chi connectivity index (χ1n) is 5.57. The number of nitrogens with zero attached hydrogens (tertiary/aromatic N) is 2. The first-order chi connectivity index (χ1) is 6.86. The molecule has 0 amide bonds. The molecule has 15 heavy (non-hydrogen) atoms. The van der Waals surface area contributed by atoms with Crippen LogP contribution in [0.4, 0.5) is 0 Å². The summed E-state index contributed by atoms with van der Waals surface area (Å²) >= 11 is 0. The monoisotopic (exact) mass is 234 g/mol. The molecule has 4 nitrogen and oxygen atoms in total. The fourth-order valence-corrected chi connectivity index (χ4v) is 3.25. The molecule has 0 aromatic rings. The quantitative estimate of drug-likeness (QED) is 0.723. The number of sulfonamides is 1. The van der Waals surface area contributed by atoms with Crippen LogP contribution in [0.1, 0.15) is 27.2 Å². The third-order valence-electron chi connectivity index (χ3n) is 3.24. The summed E-state index contributed by atoms with van der Waals surface area (Å²) in [6.45, 7) is 8.68. The van der Waals surface area contributed by atoms with Gasteiger partial charge in [-0.2, -0.15) is 4.31 Å². The lowest BCUT2D eigenvalue weighted by molar-refractivity contribution is 0.108. The van der Waals surface area contributed by atoms with Gasteiger partial charge in [-0.1, -0.05) is 6.92 Å². The summed E-state index contributed by atoms with van der Waals surface area (Å²) in [6, 6.07) is 0.650. The minimum atomic E-state index is -3.02. The first kappa shape index (κ1) is 12.9. The second-order valence-corrected chi connectivity index (χ2v) is 6.41. The molecule has 0 spiro atoms. The molecular formula is C10H22N2O2S. The SMILES string of the molecule is CCC(C)N1CCN(S(C)(=O)=O)[C@H](C)C1. The minimum absolute atomic E-state index is 0.0998. The van der Waals surface area contributed by atoms with E-state index in [2.05, 4.69) is 18.7 Å². The zero-order valence-corrected chi connectivity index (χ0v) is 10.9. The fraction of sp³-hybridized carbons (Fsp3) is 1.00. The molecule has 1 unspecified atom stereocenters. The van der Waals surface area contributed by atoms with Crippen molar-refractivity contribution < 1.29 is 8.42 Å². The normalized spacial score (nSPS) is 27.9. The molecule has 5 heteroatoms. The van der Waals surface area contributed by atoms with E-state index in [9.17, 15) is 8.42 Å². The van der Waals surface area contributed by atoms with Gasteiger partial charge in [0.15, 0.2) is 0 Å². The first-order valence-corrected chi connectivity index (χ1v) is 7.42. The van der Waals surface area contributed by atoms with Crippen molar-refractivity contribution in [2.75, 3.05) is 25.9 Å². The van der Waals surface area contributed by atoms with Crippen LogP contribution < -0.4 is 0 Å². The summed E-state index contributed by atoms with van der Waals surface area (Å²) in [5, 5.41) is 0. The van der Waals surface area contributed by atoms with Gasteiger partial charge in [0.1, 0.15) is 0 Å². The molecule has 1 aliphatic rings. The Kier molecular flexibility index (Phi) is 4.14. The van der Waals surface area contributed by atoms with Crippen molar-refractivity contribution in [2.45, 2.75) is 39.3 Å². The van der Waals surface area contributed by atoms with Crippen molar-refractivity contribution in [1.82, 2.24) is 9.21 Å². The lowest BCUT2D eigenvalue weighted by atomic mass is 10.1. The van der Waals surface area contributed by atoms with Crippen LogP contribution in [-0.4, -0.2) is 55.6 Å². The number of rotatable bonds is 3. The largest absolute Gasteiger partial charge is 0.298 e. The highest BCUT2D eigenvalue weighted by atomic mass is 32.2. The van der Waals surface area contributed by atoms with E-state index >= 15 is 0 Å². The number of hydrogen-bond donors (Lipinski definition) is 0. The Hall–Kier alpha value is -0.130. The van der Waals surface area contributed by atoms with Gasteiger partial charge in [-0.25, -0.2) is 8.42 Å². The maximum absolute atomic E-state index is 11.5. The van der Waals surface area contributed by atoms with Gasteiger partial charge < -0.3 is 0 Å². The summed E-state index contributed by atoms with van der Waals surface area (Å²) < 4.78 is 24.5. The Morgan fingerprint density at radius 2 is 2.00 bits per heavy atom. The van der Waals surface area contributed by atoms with Gasteiger partial charge in [-0.3, -0.25) is 4.90 Å². The van der Waals surface area contributed by atoms with Crippen molar-refractivity contribution in [3.05, 3.63) is 0 Å². The topological polar surface area (TPSA) is 40.6 Å². The van der Waals surface area contributed by atoms with Crippen molar-refractivity contribution in [3.8, 4) is 0 Å². The molecule has 1 aliphatic heterocycles. The lowest BCUT2D eigenvalue weighted by Gasteiger charge is -2.40. The van der Waals surface area contributed by atoms with Crippen LogP contribution in [0.3, 0.4) is 0 Å². The molecule has 0 N–H and O–H groups in total. The summed E-state index contributed by atoms with van der Waals surface area (Å²) in [5.74, 6) is 0. The third kappa shape index (κ3) is 3.16. The highest BCUT2D eigenvalue weighted by Gasteiger charge is 2.30. The number of hydrogen-bond acceptors (Lipinski definition) is 3. The van der Waals surface area contributed by atoms with E-state index in [0.29, 0.717) is 12.6 Å². The summed E-state index contributed by atoms with van der Waals surface area (Å²) in [5.41, 5.74) is 0. The van der Waals surface area contributed by atoms with Crippen LogP contribution >= 0.6 is 0 Å². The standard InChI is InChI=1S/C10H22N2O2S/c1-5-9(2)11-6-7-12(10(3)8-11)15(4,13)14/h9-10H,5-8H2,1-4H3/t9?,10-/m1/s1. The van der Waals surface area contributed by atoms with E-state index in [1.807, 2.05) is 6.92 Å². The smallest absolute Gasteiger partial charge is 0.211 e. The van der Waals surface area contributed by atoms with Gasteiger partial charge in [0.2, 0.25) is 10.0 Å². The third-order valence-corrected chi connectivity index (χ3v) is 4.63. The second-order valence-electron chi connectivity index (χ2n) is 4.47. The van der Waals surface area contributed by atoms with Crippen molar-refractivity contribution in [3.63, 3.8) is 0 Å². The van der Waals surface area contributed by atoms with Crippen molar-refractivity contribution >= 4 is 10.0 Å². The van der Waals surface area contributed by atoms with Crippen molar-refractivity contribution in [1.29, 1.82) is 0 Å². The van der Waals surface area contributed by atoms with Crippen LogP contribution in [0.25, 0.3) is 0 Å². The van der Waals surface area contributed by atoms with Crippen LogP contribution in [-0.2, 0) is 10.0 Å². The zero-order valence-electron chi connectivity index (χ0n) is 10.1. The molecule has 0 aromatic carbocycles. The van der Waals surface area contributed by atoms with Gasteiger partial charge in [-0.05, 0) is 20.3 Å².